The van der Waals surface area contributed by atoms with Crippen molar-refractivity contribution in [3.05, 3.63) is 60.2 Å². The molecule has 5 amide bonds. The minimum absolute atomic E-state index is 0.0631. The summed E-state index contributed by atoms with van der Waals surface area (Å²) < 4.78 is 0. The van der Waals surface area contributed by atoms with Gasteiger partial charge in [-0.1, -0.05) is 96.6 Å². The molecule has 3 aliphatic rings. The molecule has 55 heavy (non-hydrogen) atoms. The molecule has 2 aromatic rings. The highest BCUT2D eigenvalue weighted by Crippen LogP contribution is 2.41. The molecule has 1 aromatic carbocycles. The zero-order valence-corrected chi connectivity index (χ0v) is 32.6. The van der Waals surface area contributed by atoms with Crippen LogP contribution < -0.4 is 21.4 Å². The van der Waals surface area contributed by atoms with Crippen LogP contribution in [-0.4, -0.2) is 80.4 Å². The highest BCUT2D eigenvalue weighted by molar-refractivity contribution is 6.38. The van der Waals surface area contributed by atoms with Crippen molar-refractivity contribution >= 4 is 35.3 Å². The second-order valence-electron chi connectivity index (χ2n) is 16.3. The lowest BCUT2D eigenvalue weighted by Crippen LogP contribution is -2.63. The number of hydrogen-bond donors (Lipinski definition) is 4. The fraction of sp³-hybridized carbons (Fsp3) is 0.610. The number of hydroxylamine groups is 1. The number of carbonyl (C=O) groups excluding carboxylic acids is 6. The summed E-state index contributed by atoms with van der Waals surface area (Å²) in [4.78, 5) is 97.9. The Balaban J connectivity index is 1.34. The number of nitrogens with one attached hydrogen (secondary N) is 4. The third-order valence-electron chi connectivity index (χ3n) is 11.2. The van der Waals surface area contributed by atoms with Crippen LogP contribution in [0.3, 0.4) is 0 Å². The number of amides is 5. The first-order valence-corrected chi connectivity index (χ1v) is 19.9. The number of aromatic nitrogens is 2. The van der Waals surface area contributed by atoms with Crippen LogP contribution in [0.1, 0.15) is 121 Å². The second kappa shape index (κ2) is 19.2. The van der Waals surface area contributed by atoms with Crippen LogP contribution in [0.2, 0.25) is 0 Å². The zero-order chi connectivity index (χ0) is 39.5. The molecular formula is C41H57N7O7. The third kappa shape index (κ3) is 10.7. The monoisotopic (exact) mass is 759 g/mol. The van der Waals surface area contributed by atoms with E-state index in [-0.39, 0.29) is 42.5 Å². The summed E-state index contributed by atoms with van der Waals surface area (Å²) in [6.45, 7) is 7.50. The van der Waals surface area contributed by atoms with Crippen LogP contribution in [0.15, 0.2) is 48.9 Å². The van der Waals surface area contributed by atoms with Crippen molar-refractivity contribution in [3.63, 3.8) is 0 Å². The summed E-state index contributed by atoms with van der Waals surface area (Å²) in [5.41, 5.74) is 2.33. The molecule has 1 aliphatic heterocycles. The molecule has 0 bridgehead atoms. The van der Waals surface area contributed by atoms with E-state index in [0.29, 0.717) is 19.3 Å². The lowest BCUT2D eigenvalue weighted by molar-refractivity contribution is -0.149. The molecule has 298 valence electrons. The molecule has 5 rings (SSSR count). The third-order valence-corrected chi connectivity index (χ3v) is 11.2. The summed E-state index contributed by atoms with van der Waals surface area (Å²) in [6.07, 6.45) is 13.2. The SMILES string of the molecule is CCC[C@H](NC(=O)[C@@H]1C[C@@H]2CCCC[C@@H]2N1C(=O)[C@@H](NC(=O)[C@@H](NC(=O)c1cnccn1)C1CCCCC1)C(C)(C)C)C(=O)C(=O)NOCc1ccccc1. The van der Waals surface area contributed by atoms with Crippen LogP contribution in [0.4, 0.5) is 0 Å². The van der Waals surface area contributed by atoms with Gasteiger partial charge in [0, 0.05) is 18.4 Å². The summed E-state index contributed by atoms with van der Waals surface area (Å²) in [6, 6.07) is 4.99. The van der Waals surface area contributed by atoms with Gasteiger partial charge in [0.25, 0.3) is 5.91 Å². The van der Waals surface area contributed by atoms with E-state index in [2.05, 4.69) is 31.4 Å². The van der Waals surface area contributed by atoms with E-state index < -0.39 is 59.0 Å². The fourth-order valence-corrected chi connectivity index (χ4v) is 8.33. The van der Waals surface area contributed by atoms with E-state index >= 15 is 0 Å². The van der Waals surface area contributed by atoms with E-state index in [1.54, 1.807) is 4.90 Å². The van der Waals surface area contributed by atoms with Gasteiger partial charge in [-0.3, -0.25) is 38.6 Å². The predicted octanol–water partition coefficient (Wildman–Crippen LogP) is 3.95. The Morgan fingerprint density at radius 3 is 2.27 bits per heavy atom. The maximum Gasteiger partial charge on any atom is 0.313 e. The molecule has 4 N–H and O–H groups in total. The van der Waals surface area contributed by atoms with E-state index in [9.17, 15) is 28.8 Å². The van der Waals surface area contributed by atoms with E-state index in [1.165, 1.54) is 18.6 Å². The summed E-state index contributed by atoms with van der Waals surface area (Å²) in [7, 11) is 0. The number of benzene rings is 1. The maximum atomic E-state index is 14.9. The number of fused-ring (bicyclic) bond motifs is 1. The topological polar surface area (TPSA) is 189 Å². The van der Waals surface area contributed by atoms with Crippen molar-refractivity contribution < 1.29 is 33.6 Å². The van der Waals surface area contributed by atoms with Crippen molar-refractivity contribution in [2.75, 3.05) is 0 Å². The number of carbonyl (C=O) groups is 6. The summed E-state index contributed by atoms with van der Waals surface area (Å²) in [5, 5.41) is 8.75. The smallest absolute Gasteiger partial charge is 0.313 e. The summed E-state index contributed by atoms with van der Waals surface area (Å²) in [5.74, 6) is -3.76. The lowest BCUT2D eigenvalue weighted by Gasteiger charge is -2.40. The molecule has 0 radical (unpaired) electrons. The number of likely N-dealkylation sites (tertiary alicyclic amines) is 1. The summed E-state index contributed by atoms with van der Waals surface area (Å²) >= 11 is 0. The predicted molar refractivity (Wildman–Crippen MR) is 203 cm³/mol. The van der Waals surface area contributed by atoms with Crippen molar-refractivity contribution in [2.45, 2.75) is 142 Å². The Morgan fingerprint density at radius 1 is 0.891 bits per heavy atom. The number of ketones is 1. The van der Waals surface area contributed by atoms with Gasteiger partial charge in [-0.25, -0.2) is 10.5 Å². The van der Waals surface area contributed by atoms with Gasteiger partial charge in [-0.2, -0.15) is 0 Å². The maximum absolute atomic E-state index is 14.9. The molecule has 1 saturated heterocycles. The van der Waals surface area contributed by atoms with Gasteiger partial charge in [-0.05, 0) is 61.3 Å². The molecule has 3 fully saturated rings. The largest absolute Gasteiger partial charge is 0.344 e. The van der Waals surface area contributed by atoms with Crippen molar-refractivity contribution in [1.29, 1.82) is 0 Å². The molecule has 14 nitrogen and oxygen atoms in total. The molecular weight excluding hydrogens is 702 g/mol. The van der Waals surface area contributed by atoms with Crippen molar-refractivity contribution in [1.82, 2.24) is 36.3 Å². The van der Waals surface area contributed by atoms with Gasteiger partial charge in [0.2, 0.25) is 23.5 Å². The molecule has 0 unspecified atom stereocenters. The Kier molecular flexibility index (Phi) is 14.5. The zero-order valence-electron chi connectivity index (χ0n) is 32.6. The first-order chi connectivity index (χ1) is 26.4. The van der Waals surface area contributed by atoms with Gasteiger partial charge in [0.05, 0.1) is 18.8 Å². The highest BCUT2D eigenvalue weighted by atomic mass is 16.7. The molecule has 6 atom stereocenters. The van der Waals surface area contributed by atoms with Crippen molar-refractivity contribution in [3.8, 4) is 0 Å². The highest BCUT2D eigenvalue weighted by Gasteiger charge is 2.51. The Bertz CT molecular complexity index is 1650. The van der Waals surface area contributed by atoms with Crippen LogP contribution in [0.25, 0.3) is 0 Å². The number of Topliss-reactive ketones (excluding diaryl/α,β-unsaturated/α-hetero) is 1. The van der Waals surface area contributed by atoms with Crippen molar-refractivity contribution in [2.24, 2.45) is 17.3 Å². The second-order valence-corrected chi connectivity index (χ2v) is 16.3. The quantitative estimate of drug-likeness (QED) is 0.154. The first kappa shape index (κ1) is 41.4. The van der Waals surface area contributed by atoms with Gasteiger partial charge < -0.3 is 20.9 Å². The van der Waals surface area contributed by atoms with E-state index in [0.717, 1.165) is 56.9 Å². The molecule has 2 saturated carbocycles. The van der Waals surface area contributed by atoms with Gasteiger partial charge in [0.15, 0.2) is 0 Å². The average molecular weight is 760 g/mol. The molecule has 1 aromatic heterocycles. The fourth-order valence-electron chi connectivity index (χ4n) is 8.33. The van der Waals surface area contributed by atoms with Crippen LogP contribution >= 0.6 is 0 Å². The van der Waals surface area contributed by atoms with Crippen LogP contribution in [0.5, 0.6) is 0 Å². The average Bonchev–Trinajstić information content (AvgIpc) is 3.59. The Morgan fingerprint density at radius 2 is 1.60 bits per heavy atom. The van der Waals surface area contributed by atoms with Crippen LogP contribution in [-0.2, 0) is 35.4 Å². The minimum Gasteiger partial charge on any atom is -0.344 e. The molecule has 0 spiro atoms. The number of nitrogens with zero attached hydrogens (tertiary/aromatic N) is 3. The van der Waals surface area contributed by atoms with E-state index in [1.807, 2.05) is 58.0 Å². The van der Waals surface area contributed by atoms with Gasteiger partial charge >= 0.3 is 5.91 Å². The minimum atomic E-state index is -1.12. The molecule has 14 heteroatoms. The molecule has 2 heterocycles. The van der Waals surface area contributed by atoms with E-state index in [4.69, 9.17) is 4.84 Å². The molecule has 2 aliphatic carbocycles. The standard InChI is InChI=1S/C41H57N7O7/c1-5-14-29(34(49)39(53)47-55-25-26-15-8-6-9-16-26)44-37(51)32-23-28-19-12-13-20-31(28)48(32)40(54)35(41(2,3)4)46-38(52)33(27-17-10-7-11-18-27)45-36(50)30-24-42-21-22-43-30/h6,8-9,15-16,21-22,24,27-29,31-33,35H,5,7,10-14,17-20,23,25H2,1-4H3,(H,44,51)(H,45,50)(H,46,52)(H,47,53)/t28-,29-,31-,32-,33-,35+/m0/s1. The van der Waals surface area contributed by atoms with Gasteiger partial charge in [-0.15, -0.1) is 0 Å². The Labute approximate surface area is 323 Å². The van der Waals surface area contributed by atoms with Gasteiger partial charge in [0.1, 0.15) is 23.8 Å². The Hall–Kier alpha value is -4.72. The van der Waals surface area contributed by atoms with Crippen LogP contribution in [0, 0.1) is 17.3 Å². The lowest BCUT2D eigenvalue weighted by atomic mass is 9.81. The first-order valence-electron chi connectivity index (χ1n) is 19.9. The number of hydrogen-bond acceptors (Lipinski definition) is 9. The normalized spacial score (nSPS) is 21.7. The number of rotatable bonds is 15.